The van der Waals surface area contributed by atoms with Gasteiger partial charge in [-0.3, -0.25) is 0 Å². The van der Waals surface area contributed by atoms with Crippen molar-refractivity contribution in [3.63, 3.8) is 0 Å². The van der Waals surface area contributed by atoms with Gasteiger partial charge >= 0.3 is 5.51 Å². The van der Waals surface area contributed by atoms with Gasteiger partial charge in [-0.25, -0.2) is 0 Å². The Bertz CT molecular complexity index is 377. The van der Waals surface area contributed by atoms with Crippen LogP contribution in [0, 0.1) is 0 Å². The summed E-state index contributed by atoms with van der Waals surface area (Å²) in [6.07, 6.45) is -0.155. The highest BCUT2D eigenvalue weighted by Crippen LogP contribution is 2.37. The van der Waals surface area contributed by atoms with Crippen molar-refractivity contribution < 1.29 is 17.9 Å². The molecular formula is C11H12F3NOS. The van der Waals surface area contributed by atoms with Crippen LogP contribution in [-0.4, -0.2) is 25.2 Å². The fraction of sp³-hybridized carbons (Fsp3) is 0.455. The number of alkyl halides is 3. The molecule has 17 heavy (non-hydrogen) atoms. The summed E-state index contributed by atoms with van der Waals surface area (Å²) in [5.74, 6) is 0. The van der Waals surface area contributed by atoms with E-state index >= 15 is 0 Å². The fourth-order valence-corrected chi connectivity index (χ4v) is 2.30. The van der Waals surface area contributed by atoms with Gasteiger partial charge in [-0.1, -0.05) is 12.1 Å². The SMILES string of the molecule is FC(F)(F)Sc1cccc(C2CNCCO2)c1. The summed E-state index contributed by atoms with van der Waals surface area (Å²) in [6, 6.07) is 6.41. The third-order valence-corrected chi connectivity index (χ3v) is 3.11. The lowest BCUT2D eigenvalue weighted by Gasteiger charge is -2.24. The molecule has 0 spiro atoms. The van der Waals surface area contributed by atoms with E-state index in [1.807, 2.05) is 0 Å². The lowest BCUT2D eigenvalue weighted by atomic mass is 10.1. The molecule has 1 saturated heterocycles. The number of rotatable bonds is 2. The van der Waals surface area contributed by atoms with Crippen molar-refractivity contribution in [2.45, 2.75) is 16.5 Å². The van der Waals surface area contributed by atoms with Crippen LogP contribution < -0.4 is 5.32 Å². The zero-order valence-electron chi connectivity index (χ0n) is 8.96. The summed E-state index contributed by atoms with van der Waals surface area (Å²) in [4.78, 5) is 0.198. The van der Waals surface area contributed by atoms with Gasteiger partial charge in [-0.2, -0.15) is 13.2 Å². The molecule has 94 valence electrons. The molecule has 1 aliphatic rings. The monoisotopic (exact) mass is 263 g/mol. The van der Waals surface area contributed by atoms with Gasteiger partial charge < -0.3 is 10.1 Å². The Hall–Kier alpha value is -0.720. The lowest BCUT2D eigenvalue weighted by molar-refractivity contribution is -0.0328. The van der Waals surface area contributed by atoms with Crippen molar-refractivity contribution in [2.75, 3.05) is 19.7 Å². The molecule has 0 saturated carbocycles. The lowest BCUT2D eigenvalue weighted by Crippen LogP contribution is -2.33. The van der Waals surface area contributed by atoms with Crippen molar-refractivity contribution in [3.8, 4) is 0 Å². The summed E-state index contributed by atoms with van der Waals surface area (Å²) in [5, 5.41) is 3.15. The van der Waals surface area contributed by atoms with E-state index in [9.17, 15) is 13.2 Å². The van der Waals surface area contributed by atoms with Gasteiger partial charge in [0.05, 0.1) is 12.7 Å². The topological polar surface area (TPSA) is 21.3 Å². The number of hydrogen-bond acceptors (Lipinski definition) is 3. The summed E-state index contributed by atoms with van der Waals surface area (Å²) < 4.78 is 42.2. The van der Waals surface area contributed by atoms with E-state index in [1.165, 1.54) is 12.1 Å². The van der Waals surface area contributed by atoms with Crippen LogP contribution in [0.15, 0.2) is 29.2 Å². The molecule has 0 amide bonds. The van der Waals surface area contributed by atoms with Crippen LogP contribution in [0.4, 0.5) is 13.2 Å². The van der Waals surface area contributed by atoms with Gasteiger partial charge in [0.2, 0.25) is 0 Å². The van der Waals surface area contributed by atoms with E-state index in [0.717, 1.165) is 12.1 Å². The highest BCUT2D eigenvalue weighted by atomic mass is 32.2. The van der Waals surface area contributed by atoms with Gasteiger partial charge in [-0.15, -0.1) is 0 Å². The first-order valence-corrected chi connectivity index (χ1v) is 6.04. The maximum atomic E-state index is 12.2. The number of benzene rings is 1. The Labute approximate surface area is 102 Å². The first-order valence-electron chi connectivity index (χ1n) is 5.22. The van der Waals surface area contributed by atoms with Crippen molar-refractivity contribution in [3.05, 3.63) is 29.8 Å². The first kappa shape index (κ1) is 12.7. The summed E-state index contributed by atoms with van der Waals surface area (Å²) in [5.41, 5.74) is -3.46. The minimum Gasteiger partial charge on any atom is -0.371 e. The van der Waals surface area contributed by atoms with E-state index in [2.05, 4.69) is 5.32 Å². The average Bonchev–Trinajstić information content (AvgIpc) is 2.28. The van der Waals surface area contributed by atoms with E-state index < -0.39 is 5.51 Å². The second-order valence-corrected chi connectivity index (χ2v) is 4.82. The molecule has 6 heteroatoms. The smallest absolute Gasteiger partial charge is 0.371 e. The quantitative estimate of drug-likeness (QED) is 0.829. The van der Waals surface area contributed by atoms with Gasteiger partial charge in [0.25, 0.3) is 0 Å². The molecule has 2 nitrogen and oxygen atoms in total. The maximum Gasteiger partial charge on any atom is 0.446 e. The number of nitrogens with one attached hydrogen (secondary N) is 1. The van der Waals surface area contributed by atoms with Crippen LogP contribution >= 0.6 is 11.8 Å². The minimum atomic E-state index is -4.25. The van der Waals surface area contributed by atoms with Crippen molar-refractivity contribution >= 4 is 11.8 Å². The molecular weight excluding hydrogens is 251 g/mol. The third-order valence-electron chi connectivity index (χ3n) is 2.39. The maximum absolute atomic E-state index is 12.2. The van der Waals surface area contributed by atoms with Crippen LogP contribution in [0.1, 0.15) is 11.7 Å². The van der Waals surface area contributed by atoms with Crippen molar-refractivity contribution in [2.24, 2.45) is 0 Å². The van der Waals surface area contributed by atoms with Crippen LogP contribution in [0.2, 0.25) is 0 Å². The van der Waals surface area contributed by atoms with Crippen molar-refractivity contribution in [1.82, 2.24) is 5.32 Å². The summed E-state index contributed by atoms with van der Waals surface area (Å²) in [7, 11) is 0. The molecule has 1 fully saturated rings. The molecule has 1 aromatic carbocycles. The Balaban J connectivity index is 2.10. The van der Waals surface area contributed by atoms with Gasteiger partial charge in [0.1, 0.15) is 0 Å². The van der Waals surface area contributed by atoms with E-state index in [4.69, 9.17) is 4.74 Å². The van der Waals surface area contributed by atoms with Crippen molar-refractivity contribution in [1.29, 1.82) is 0 Å². The van der Waals surface area contributed by atoms with E-state index in [0.29, 0.717) is 13.2 Å². The number of hydrogen-bond donors (Lipinski definition) is 1. The molecule has 1 heterocycles. The van der Waals surface area contributed by atoms with Gasteiger partial charge in [0.15, 0.2) is 0 Å². The molecule has 0 bridgehead atoms. The van der Waals surface area contributed by atoms with Crippen LogP contribution in [0.5, 0.6) is 0 Å². The zero-order chi connectivity index (χ0) is 12.3. The Morgan fingerprint density at radius 2 is 2.18 bits per heavy atom. The van der Waals surface area contributed by atoms with Gasteiger partial charge in [-0.05, 0) is 29.5 Å². The molecule has 2 rings (SSSR count). The third kappa shape index (κ3) is 3.90. The fourth-order valence-electron chi connectivity index (χ4n) is 1.69. The summed E-state index contributed by atoms with van der Waals surface area (Å²) in [6.45, 7) is 2.01. The highest BCUT2D eigenvalue weighted by Gasteiger charge is 2.29. The zero-order valence-corrected chi connectivity index (χ0v) is 9.77. The van der Waals surface area contributed by atoms with Crippen LogP contribution in [0.25, 0.3) is 0 Å². The molecule has 1 N–H and O–H groups in total. The first-order chi connectivity index (χ1) is 8.04. The number of halogens is 3. The standard InChI is InChI=1S/C11H12F3NOS/c12-11(13,14)17-9-3-1-2-8(6-9)10-7-15-4-5-16-10/h1-3,6,10,15H,4-5,7H2. The molecule has 1 aromatic rings. The Morgan fingerprint density at radius 3 is 2.82 bits per heavy atom. The second-order valence-electron chi connectivity index (χ2n) is 3.68. The largest absolute Gasteiger partial charge is 0.446 e. The summed E-state index contributed by atoms with van der Waals surface area (Å²) >= 11 is -0.0971. The predicted octanol–water partition coefficient (Wildman–Crippen LogP) is 2.96. The molecule has 1 unspecified atom stereocenters. The molecule has 0 aromatic heterocycles. The second kappa shape index (κ2) is 5.29. The molecule has 0 aliphatic carbocycles. The number of thioether (sulfide) groups is 1. The van der Waals surface area contributed by atoms with Crippen LogP contribution in [-0.2, 0) is 4.74 Å². The average molecular weight is 263 g/mol. The Kier molecular flexibility index (Phi) is 3.96. The number of ether oxygens (including phenoxy) is 1. The molecule has 1 atom stereocenters. The predicted molar refractivity (Wildman–Crippen MR) is 59.9 cm³/mol. The molecule has 1 aliphatic heterocycles. The van der Waals surface area contributed by atoms with E-state index in [1.54, 1.807) is 12.1 Å². The van der Waals surface area contributed by atoms with Gasteiger partial charge in [0, 0.05) is 18.0 Å². The van der Waals surface area contributed by atoms with Crippen LogP contribution in [0.3, 0.4) is 0 Å². The molecule has 0 radical (unpaired) electrons. The minimum absolute atomic E-state index is 0.0971. The van der Waals surface area contributed by atoms with E-state index in [-0.39, 0.29) is 22.8 Å². The normalized spacial score (nSPS) is 21.5. The highest BCUT2D eigenvalue weighted by molar-refractivity contribution is 8.00. The number of morpholine rings is 1. The Morgan fingerprint density at radius 1 is 1.35 bits per heavy atom.